The van der Waals surface area contributed by atoms with Crippen molar-refractivity contribution < 1.29 is 8.60 Å². The Bertz CT molecular complexity index is 1140. The first-order valence-electron chi connectivity index (χ1n) is 11.9. The standard InChI is InChI=1S/C27H37FN4OS/c1-8-10-20(17-32(6)27(3,4)5)18-11-12-19(15-18)23-16-25(31-30-23)29-22-13-14-24(34(7)33)21(9-2)26(22)28/h13-14,16-19H,9,11-12,15H2,1-7H3,(H2,29,30,31)/b20-17+. The number of allylic oxidation sites excluding steroid dienone is 1. The van der Waals surface area contributed by atoms with Crippen LogP contribution in [0, 0.1) is 23.6 Å². The van der Waals surface area contributed by atoms with Gasteiger partial charge in [-0.15, -0.1) is 5.92 Å². The number of halogens is 1. The van der Waals surface area contributed by atoms with Crippen LogP contribution in [0.3, 0.4) is 0 Å². The second-order valence-electron chi connectivity index (χ2n) is 9.99. The molecule has 1 fully saturated rings. The molecule has 3 rings (SSSR count). The van der Waals surface area contributed by atoms with E-state index in [0.717, 1.165) is 25.0 Å². The summed E-state index contributed by atoms with van der Waals surface area (Å²) in [5, 5.41) is 10.6. The van der Waals surface area contributed by atoms with Crippen LogP contribution >= 0.6 is 0 Å². The predicted octanol–water partition coefficient (Wildman–Crippen LogP) is 6.11. The molecule has 0 radical (unpaired) electrons. The van der Waals surface area contributed by atoms with E-state index in [1.165, 1.54) is 5.57 Å². The first-order chi connectivity index (χ1) is 16.0. The van der Waals surface area contributed by atoms with E-state index in [9.17, 15) is 4.21 Å². The fourth-order valence-electron chi connectivity index (χ4n) is 4.38. The molecular formula is C27H37FN4OS. The minimum absolute atomic E-state index is 0.0416. The molecule has 2 aromatic rings. The third-order valence-corrected chi connectivity index (χ3v) is 7.70. The first kappa shape index (κ1) is 26.0. The zero-order valence-corrected chi connectivity index (χ0v) is 22.2. The van der Waals surface area contributed by atoms with Gasteiger partial charge in [0.15, 0.2) is 11.6 Å². The number of aromatic amines is 1. The fourth-order valence-corrected chi connectivity index (χ4v) is 5.22. The Morgan fingerprint density at radius 1 is 1.38 bits per heavy atom. The van der Waals surface area contributed by atoms with Gasteiger partial charge in [-0.05, 0) is 71.4 Å². The summed E-state index contributed by atoms with van der Waals surface area (Å²) in [7, 11) is 0.874. The highest BCUT2D eigenvalue weighted by Gasteiger charge is 2.30. The number of benzene rings is 1. The third kappa shape index (κ3) is 5.90. The molecule has 7 heteroatoms. The van der Waals surface area contributed by atoms with Crippen molar-refractivity contribution in [3.05, 3.63) is 47.0 Å². The summed E-state index contributed by atoms with van der Waals surface area (Å²) in [5.41, 5.74) is 3.11. The molecule has 1 aliphatic carbocycles. The quantitative estimate of drug-likeness (QED) is 0.465. The summed E-state index contributed by atoms with van der Waals surface area (Å²) in [4.78, 5) is 2.78. The van der Waals surface area contributed by atoms with Crippen LogP contribution in [0.5, 0.6) is 0 Å². The van der Waals surface area contributed by atoms with Crippen LogP contribution in [0.15, 0.2) is 34.9 Å². The molecule has 1 saturated carbocycles. The van der Waals surface area contributed by atoms with E-state index in [1.54, 1.807) is 18.4 Å². The third-order valence-electron chi connectivity index (χ3n) is 6.70. The predicted molar refractivity (Wildman–Crippen MR) is 139 cm³/mol. The fraction of sp³-hybridized carbons (Fsp3) is 0.519. The van der Waals surface area contributed by atoms with Crippen molar-refractivity contribution in [1.29, 1.82) is 0 Å². The van der Waals surface area contributed by atoms with Gasteiger partial charge in [0.2, 0.25) is 0 Å². The van der Waals surface area contributed by atoms with E-state index in [-0.39, 0.29) is 11.4 Å². The molecule has 0 aliphatic heterocycles. The molecule has 0 amide bonds. The Morgan fingerprint density at radius 3 is 2.74 bits per heavy atom. The molecule has 1 heterocycles. The number of aromatic nitrogens is 2. The maximum Gasteiger partial charge on any atom is 0.152 e. The molecule has 0 spiro atoms. The van der Waals surface area contributed by atoms with Crippen molar-refractivity contribution in [2.24, 2.45) is 5.92 Å². The molecule has 1 aromatic heterocycles. The lowest BCUT2D eigenvalue weighted by Gasteiger charge is -2.31. The monoisotopic (exact) mass is 484 g/mol. The van der Waals surface area contributed by atoms with Gasteiger partial charge in [-0.3, -0.25) is 9.31 Å². The second-order valence-corrected chi connectivity index (χ2v) is 11.3. The smallest absolute Gasteiger partial charge is 0.152 e. The van der Waals surface area contributed by atoms with Crippen molar-refractivity contribution in [2.75, 3.05) is 18.6 Å². The maximum atomic E-state index is 15.0. The Kier molecular flexibility index (Phi) is 8.25. The zero-order valence-electron chi connectivity index (χ0n) is 21.4. The second kappa shape index (κ2) is 10.8. The zero-order chi connectivity index (χ0) is 25.0. The van der Waals surface area contributed by atoms with Gasteiger partial charge in [0.05, 0.1) is 16.5 Å². The summed E-state index contributed by atoms with van der Waals surface area (Å²) < 4.78 is 26.9. The lowest BCUT2D eigenvalue weighted by atomic mass is 9.95. The molecule has 5 nitrogen and oxygen atoms in total. The Morgan fingerprint density at radius 2 is 2.12 bits per heavy atom. The van der Waals surface area contributed by atoms with Crippen molar-refractivity contribution in [2.45, 2.75) is 76.7 Å². The molecule has 1 aromatic carbocycles. The topological polar surface area (TPSA) is 61.0 Å². The molecule has 3 atom stereocenters. The Hall–Kier alpha value is -2.59. The molecule has 184 valence electrons. The summed E-state index contributed by atoms with van der Waals surface area (Å²) in [6.07, 6.45) is 7.39. The first-order valence-corrected chi connectivity index (χ1v) is 13.5. The van der Waals surface area contributed by atoms with Crippen LogP contribution in [-0.4, -0.2) is 38.1 Å². The average Bonchev–Trinajstić information content (AvgIpc) is 3.43. The molecular weight excluding hydrogens is 447 g/mol. The van der Waals surface area contributed by atoms with E-state index < -0.39 is 10.8 Å². The van der Waals surface area contributed by atoms with Crippen molar-refractivity contribution >= 4 is 22.3 Å². The number of nitrogens with one attached hydrogen (secondary N) is 2. The molecule has 34 heavy (non-hydrogen) atoms. The van der Waals surface area contributed by atoms with Crippen molar-refractivity contribution in [3.63, 3.8) is 0 Å². The number of hydrogen-bond donors (Lipinski definition) is 2. The van der Waals surface area contributed by atoms with Crippen LogP contribution in [0.1, 0.15) is 71.1 Å². The highest BCUT2D eigenvalue weighted by molar-refractivity contribution is 7.84. The van der Waals surface area contributed by atoms with Crippen LogP contribution in [0.2, 0.25) is 0 Å². The number of nitrogens with zero attached hydrogens (tertiary/aromatic N) is 2. The van der Waals surface area contributed by atoms with Gasteiger partial charge >= 0.3 is 0 Å². The van der Waals surface area contributed by atoms with Crippen molar-refractivity contribution in [3.8, 4) is 11.8 Å². The number of H-pyrrole nitrogens is 1. The van der Waals surface area contributed by atoms with E-state index in [0.29, 0.717) is 40.2 Å². The van der Waals surface area contributed by atoms with E-state index in [2.05, 4.69) is 66.3 Å². The van der Waals surface area contributed by atoms with E-state index >= 15 is 4.39 Å². The largest absolute Gasteiger partial charge is 0.375 e. The minimum atomic E-state index is -1.23. The van der Waals surface area contributed by atoms with Gasteiger partial charge in [0.25, 0.3) is 0 Å². The molecule has 1 aliphatic rings. The Labute approximate surface area is 206 Å². The van der Waals surface area contributed by atoms with E-state index in [4.69, 9.17) is 0 Å². The number of anilines is 2. The molecule has 0 saturated heterocycles. The van der Waals surface area contributed by atoms with Crippen LogP contribution in [0.25, 0.3) is 0 Å². The highest BCUT2D eigenvalue weighted by atomic mass is 32.2. The Balaban J connectivity index is 1.74. The van der Waals surface area contributed by atoms with Crippen LogP contribution < -0.4 is 5.32 Å². The molecule has 2 N–H and O–H groups in total. The van der Waals surface area contributed by atoms with Gasteiger partial charge < -0.3 is 10.2 Å². The number of hydrogen-bond acceptors (Lipinski definition) is 4. The van der Waals surface area contributed by atoms with E-state index in [1.807, 2.05) is 19.9 Å². The summed E-state index contributed by atoms with van der Waals surface area (Å²) in [5.74, 6) is 7.41. The van der Waals surface area contributed by atoms with Crippen LogP contribution in [0.4, 0.5) is 15.9 Å². The van der Waals surface area contributed by atoms with Gasteiger partial charge in [-0.25, -0.2) is 4.39 Å². The van der Waals surface area contributed by atoms with Gasteiger partial charge in [-0.1, -0.05) is 12.8 Å². The lowest BCUT2D eigenvalue weighted by Crippen LogP contribution is -2.34. The lowest BCUT2D eigenvalue weighted by molar-refractivity contribution is 0.247. The number of rotatable bonds is 7. The van der Waals surface area contributed by atoms with Gasteiger partial charge in [0, 0.05) is 58.8 Å². The van der Waals surface area contributed by atoms with Gasteiger partial charge in [-0.2, -0.15) is 5.10 Å². The summed E-state index contributed by atoms with van der Waals surface area (Å²) in [6, 6.07) is 5.34. The summed E-state index contributed by atoms with van der Waals surface area (Å²) in [6.45, 7) is 10.3. The normalized spacial score (nSPS) is 19.5. The highest BCUT2D eigenvalue weighted by Crippen LogP contribution is 2.41. The van der Waals surface area contributed by atoms with Gasteiger partial charge in [0.1, 0.15) is 0 Å². The maximum absolute atomic E-state index is 15.0. The van der Waals surface area contributed by atoms with Crippen LogP contribution in [-0.2, 0) is 17.2 Å². The molecule has 0 bridgehead atoms. The average molecular weight is 485 g/mol. The van der Waals surface area contributed by atoms with Crippen molar-refractivity contribution in [1.82, 2.24) is 15.1 Å². The summed E-state index contributed by atoms with van der Waals surface area (Å²) >= 11 is 0. The minimum Gasteiger partial charge on any atom is -0.375 e. The molecule has 3 unspecified atom stereocenters. The SMILES string of the molecule is CC#C/C(=C\N(C)C(C)(C)C)C1CCC(c2cc(Nc3ccc(S(C)=O)c(CC)c3F)n[nH]2)C1.